The van der Waals surface area contributed by atoms with Crippen molar-refractivity contribution in [2.45, 2.75) is 58.8 Å². The van der Waals surface area contributed by atoms with Crippen LogP contribution in [-0.2, 0) is 9.47 Å². The van der Waals surface area contributed by atoms with Crippen LogP contribution in [0.2, 0.25) is 0 Å². The lowest BCUT2D eigenvalue weighted by Gasteiger charge is -2.28. The van der Waals surface area contributed by atoms with E-state index in [2.05, 4.69) is 5.32 Å². The van der Waals surface area contributed by atoms with Gasteiger partial charge in [0.2, 0.25) is 0 Å². The zero-order valence-corrected chi connectivity index (χ0v) is 16.8. The molecule has 0 bridgehead atoms. The highest BCUT2D eigenvalue weighted by Gasteiger charge is 2.32. The van der Waals surface area contributed by atoms with Crippen molar-refractivity contribution in [1.29, 1.82) is 0 Å². The number of rotatable bonds is 5. The zero-order chi connectivity index (χ0) is 20.8. The first-order valence-electron chi connectivity index (χ1n) is 8.71. The van der Waals surface area contributed by atoms with Gasteiger partial charge < -0.3 is 25.0 Å². The summed E-state index contributed by atoms with van der Waals surface area (Å²) in [6, 6.07) is 6.47. The van der Waals surface area contributed by atoms with Gasteiger partial charge in [0.25, 0.3) is 0 Å². The predicted molar refractivity (Wildman–Crippen MR) is 103 cm³/mol. The Balaban J connectivity index is 3.14. The fourth-order valence-corrected chi connectivity index (χ4v) is 1.96. The van der Waals surface area contributed by atoms with Crippen LogP contribution in [0.4, 0.5) is 21.0 Å². The molecule has 152 valence electrons. The van der Waals surface area contributed by atoms with Gasteiger partial charge in [-0.2, -0.15) is 4.90 Å². The molecular weight excluding hydrogens is 352 g/mol. The zero-order valence-electron chi connectivity index (χ0n) is 16.8. The number of nitrogens with zero attached hydrogens (tertiary/aromatic N) is 1. The number of nitrogens with one attached hydrogen (secondary N) is 1. The van der Waals surface area contributed by atoms with Gasteiger partial charge in [-0.05, 0) is 59.7 Å². The molecule has 0 aliphatic heterocycles. The van der Waals surface area contributed by atoms with E-state index in [1.165, 1.54) is 0 Å². The van der Waals surface area contributed by atoms with E-state index in [0.29, 0.717) is 5.69 Å². The van der Waals surface area contributed by atoms with Crippen molar-refractivity contribution >= 4 is 23.6 Å². The molecule has 0 aliphatic carbocycles. The molecule has 0 fully saturated rings. The lowest BCUT2D eigenvalue weighted by Crippen LogP contribution is -2.43. The second kappa shape index (κ2) is 9.05. The number of carbonyl (C=O) groups excluding carboxylic acids is 2. The van der Waals surface area contributed by atoms with E-state index in [0.717, 1.165) is 4.90 Å². The normalized spacial score (nSPS) is 12.9. The first kappa shape index (κ1) is 22.7. The monoisotopic (exact) mass is 382 g/mol. The SMILES string of the molecule is CC(C)(C)OC(=O)N(C(=O)OC(C)(C)C)c1cccc(NCC(O)CO)c1. The molecule has 0 spiro atoms. The number of aliphatic hydroxyl groups is 2. The van der Waals surface area contributed by atoms with E-state index in [1.807, 2.05) is 0 Å². The van der Waals surface area contributed by atoms with E-state index in [4.69, 9.17) is 14.6 Å². The second-order valence-corrected chi connectivity index (χ2v) is 8.06. The molecule has 0 saturated carbocycles. The molecule has 3 N–H and O–H groups in total. The van der Waals surface area contributed by atoms with Gasteiger partial charge in [0, 0.05) is 12.2 Å². The number of amides is 2. The summed E-state index contributed by atoms with van der Waals surface area (Å²) in [6.07, 6.45) is -2.64. The molecule has 1 atom stereocenters. The molecule has 8 nitrogen and oxygen atoms in total. The van der Waals surface area contributed by atoms with Crippen LogP contribution < -0.4 is 10.2 Å². The minimum absolute atomic E-state index is 0.110. The van der Waals surface area contributed by atoms with Crippen molar-refractivity contribution in [3.63, 3.8) is 0 Å². The third-order valence-corrected chi connectivity index (χ3v) is 3.01. The quantitative estimate of drug-likeness (QED) is 0.718. The summed E-state index contributed by atoms with van der Waals surface area (Å²) in [4.78, 5) is 26.1. The Morgan fingerprint density at radius 3 is 2.04 bits per heavy atom. The molecule has 0 aromatic heterocycles. The lowest BCUT2D eigenvalue weighted by molar-refractivity contribution is 0.0431. The summed E-state index contributed by atoms with van der Waals surface area (Å²) in [6.45, 7) is 9.93. The largest absolute Gasteiger partial charge is 0.443 e. The van der Waals surface area contributed by atoms with Gasteiger partial charge >= 0.3 is 12.2 Å². The van der Waals surface area contributed by atoms with Gasteiger partial charge in [-0.3, -0.25) is 0 Å². The standard InChI is InChI=1S/C19H30N2O6/c1-18(2,3)26-16(24)21(17(25)27-19(4,5)6)14-9-7-8-13(10-14)20-11-15(23)12-22/h7-10,15,20,22-23H,11-12H2,1-6H3. The lowest BCUT2D eigenvalue weighted by atomic mass is 10.2. The van der Waals surface area contributed by atoms with Crippen LogP contribution in [0.1, 0.15) is 41.5 Å². The van der Waals surface area contributed by atoms with Gasteiger partial charge in [0.1, 0.15) is 11.2 Å². The maximum absolute atomic E-state index is 12.6. The van der Waals surface area contributed by atoms with Crippen LogP contribution in [0.5, 0.6) is 0 Å². The van der Waals surface area contributed by atoms with Crippen molar-refractivity contribution in [3.05, 3.63) is 24.3 Å². The van der Waals surface area contributed by atoms with Crippen LogP contribution in [0, 0.1) is 0 Å². The average Bonchev–Trinajstić information content (AvgIpc) is 2.49. The van der Waals surface area contributed by atoms with E-state index in [1.54, 1.807) is 65.8 Å². The van der Waals surface area contributed by atoms with Crippen LogP contribution in [0.25, 0.3) is 0 Å². The van der Waals surface area contributed by atoms with E-state index >= 15 is 0 Å². The Kier molecular flexibility index (Phi) is 7.62. The molecule has 2 amide bonds. The number of carbonyl (C=O) groups is 2. The first-order valence-corrected chi connectivity index (χ1v) is 8.71. The highest BCUT2D eigenvalue weighted by molar-refractivity contribution is 6.09. The number of ether oxygens (including phenoxy) is 2. The number of benzene rings is 1. The van der Waals surface area contributed by atoms with Gasteiger partial charge in [0.05, 0.1) is 18.4 Å². The van der Waals surface area contributed by atoms with Crippen molar-refractivity contribution in [2.24, 2.45) is 0 Å². The van der Waals surface area contributed by atoms with Crippen LogP contribution in [0.15, 0.2) is 24.3 Å². The predicted octanol–water partition coefficient (Wildman–Crippen LogP) is 3.13. The Labute approximate surface area is 160 Å². The molecule has 0 saturated heterocycles. The van der Waals surface area contributed by atoms with E-state index in [9.17, 15) is 14.7 Å². The van der Waals surface area contributed by atoms with Crippen LogP contribution in [0.3, 0.4) is 0 Å². The van der Waals surface area contributed by atoms with Crippen LogP contribution >= 0.6 is 0 Å². The molecule has 1 rings (SSSR count). The van der Waals surface area contributed by atoms with Gasteiger partial charge in [0.15, 0.2) is 0 Å². The molecule has 27 heavy (non-hydrogen) atoms. The third kappa shape index (κ3) is 8.27. The molecule has 1 aromatic carbocycles. The maximum Gasteiger partial charge on any atom is 0.424 e. The Morgan fingerprint density at radius 2 is 1.59 bits per heavy atom. The average molecular weight is 382 g/mol. The summed E-state index contributed by atoms with van der Waals surface area (Å²) in [5.41, 5.74) is -0.782. The molecule has 1 unspecified atom stereocenters. The number of aliphatic hydroxyl groups excluding tert-OH is 2. The molecule has 8 heteroatoms. The molecular formula is C19H30N2O6. The summed E-state index contributed by atoms with van der Waals surface area (Å²) in [7, 11) is 0. The number of imide groups is 1. The highest BCUT2D eigenvalue weighted by Crippen LogP contribution is 2.24. The maximum atomic E-state index is 12.6. The fourth-order valence-electron chi connectivity index (χ4n) is 1.96. The van der Waals surface area contributed by atoms with Gasteiger partial charge in [-0.25, -0.2) is 9.59 Å². The third-order valence-electron chi connectivity index (χ3n) is 3.01. The minimum Gasteiger partial charge on any atom is -0.443 e. The van der Waals surface area contributed by atoms with Crippen molar-refractivity contribution in [1.82, 2.24) is 0 Å². The van der Waals surface area contributed by atoms with Gasteiger partial charge in [-0.1, -0.05) is 6.07 Å². The van der Waals surface area contributed by atoms with Crippen molar-refractivity contribution in [2.75, 3.05) is 23.4 Å². The van der Waals surface area contributed by atoms with E-state index < -0.39 is 29.5 Å². The Bertz CT molecular complexity index is 620. The van der Waals surface area contributed by atoms with Crippen molar-refractivity contribution < 1.29 is 29.3 Å². The topological polar surface area (TPSA) is 108 Å². The molecule has 0 aliphatic rings. The summed E-state index contributed by atoms with van der Waals surface area (Å²) in [5.74, 6) is 0. The molecule has 0 heterocycles. The number of hydrogen-bond acceptors (Lipinski definition) is 7. The minimum atomic E-state index is -0.929. The summed E-state index contributed by atoms with van der Waals surface area (Å²) in [5, 5.41) is 21.3. The molecule has 1 aromatic rings. The second-order valence-electron chi connectivity index (χ2n) is 8.06. The number of hydrogen-bond donors (Lipinski definition) is 3. The van der Waals surface area contributed by atoms with Crippen molar-refractivity contribution in [3.8, 4) is 0 Å². The van der Waals surface area contributed by atoms with Gasteiger partial charge in [-0.15, -0.1) is 0 Å². The smallest absolute Gasteiger partial charge is 0.424 e. The summed E-state index contributed by atoms with van der Waals surface area (Å²) < 4.78 is 10.7. The first-order chi connectivity index (χ1) is 12.3. The van der Waals surface area contributed by atoms with E-state index in [-0.39, 0.29) is 18.8 Å². The number of anilines is 2. The fraction of sp³-hybridized carbons (Fsp3) is 0.579. The summed E-state index contributed by atoms with van der Waals surface area (Å²) >= 11 is 0. The Hall–Kier alpha value is -2.32. The van der Waals surface area contributed by atoms with Crippen LogP contribution in [-0.4, -0.2) is 52.9 Å². The Morgan fingerprint density at radius 1 is 1.07 bits per heavy atom. The highest BCUT2D eigenvalue weighted by atomic mass is 16.6. The molecule has 0 radical (unpaired) electrons.